The number of methoxy groups -OCH3 is 1. The van der Waals surface area contributed by atoms with Crippen molar-refractivity contribution in [2.75, 3.05) is 7.11 Å². The Kier molecular flexibility index (Phi) is 5.46. The summed E-state index contributed by atoms with van der Waals surface area (Å²) in [7, 11) is -0.818. The summed E-state index contributed by atoms with van der Waals surface area (Å²) >= 11 is 3.42. The highest BCUT2D eigenvalue weighted by Crippen LogP contribution is 2.52. The van der Waals surface area contributed by atoms with Crippen molar-refractivity contribution < 1.29 is 23.6 Å². The summed E-state index contributed by atoms with van der Waals surface area (Å²) in [6, 6.07) is 5.16. The number of carbonyl (C=O) groups excluding carboxylic acids is 1. The normalized spacial score (nSPS) is 26.7. The molecule has 7 nitrogen and oxygen atoms in total. The zero-order chi connectivity index (χ0) is 21.8. The Morgan fingerprint density at radius 1 is 1.34 bits per heavy atom. The van der Waals surface area contributed by atoms with Gasteiger partial charge in [0.25, 0.3) is 0 Å². The second-order valence-electron chi connectivity index (χ2n) is 9.06. The number of hydrogen-bond donors (Lipinski definition) is 0. The smallest absolute Gasteiger partial charge is 0.394 e. The standard InChI is InChI=1S/C20H26BrNO6Si/c1-19(2,3)29(5,6)28-13-10-15-14-9-12(21)7-8-16(14)27-18(23)20(15,22(24)25)17(11-13)26-4/h7-9,11,15,17H,10H2,1-6H3/t15-,17?,20-/m0/s1. The summed E-state index contributed by atoms with van der Waals surface area (Å²) in [6.45, 7) is 10.6. The summed E-state index contributed by atoms with van der Waals surface area (Å²) in [5.74, 6) is -0.701. The van der Waals surface area contributed by atoms with Crippen LogP contribution in [0.1, 0.15) is 38.7 Å². The van der Waals surface area contributed by atoms with Crippen molar-refractivity contribution in [3.05, 3.63) is 50.2 Å². The maximum absolute atomic E-state index is 12.9. The fraction of sp³-hybridized carbons (Fsp3) is 0.550. The second kappa shape index (κ2) is 7.21. The van der Waals surface area contributed by atoms with Crippen LogP contribution in [0, 0.1) is 10.1 Å². The third kappa shape index (κ3) is 3.42. The zero-order valence-corrected chi connectivity index (χ0v) is 20.0. The van der Waals surface area contributed by atoms with E-state index in [0.717, 1.165) is 4.47 Å². The van der Waals surface area contributed by atoms with E-state index < -0.39 is 36.8 Å². The summed E-state index contributed by atoms with van der Waals surface area (Å²) in [5, 5.41) is 12.2. The Morgan fingerprint density at radius 3 is 2.55 bits per heavy atom. The lowest BCUT2D eigenvalue weighted by Gasteiger charge is -2.44. The van der Waals surface area contributed by atoms with Crippen LogP contribution in [0.2, 0.25) is 18.1 Å². The molecule has 0 amide bonds. The van der Waals surface area contributed by atoms with E-state index in [0.29, 0.717) is 17.1 Å². The van der Waals surface area contributed by atoms with Gasteiger partial charge >= 0.3 is 11.5 Å². The van der Waals surface area contributed by atoms with Crippen LogP contribution < -0.4 is 4.74 Å². The number of allylic oxidation sites excluding steroid dienone is 1. The topological polar surface area (TPSA) is 87.9 Å². The van der Waals surface area contributed by atoms with Crippen LogP contribution in [-0.2, 0) is 14.0 Å². The molecule has 1 aromatic carbocycles. The van der Waals surface area contributed by atoms with E-state index in [1.54, 1.807) is 24.3 Å². The predicted octanol–water partition coefficient (Wildman–Crippen LogP) is 4.79. The average molecular weight is 484 g/mol. The van der Waals surface area contributed by atoms with Gasteiger partial charge < -0.3 is 13.9 Å². The summed E-state index contributed by atoms with van der Waals surface area (Å²) in [5.41, 5.74) is -1.45. The Balaban J connectivity index is 2.16. The minimum atomic E-state index is -2.18. The highest BCUT2D eigenvalue weighted by molar-refractivity contribution is 9.10. The van der Waals surface area contributed by atoms with Crippen molar-refractivity contribution in [3.63, 3.8) is 0 Å². The fourth-order valence-electron chi connectivity index (χ4n) is 3.70. The number of rotatable bonds is 4. The summed E-state index contributed by atoms with van der Waals surface area (Å²) in [6.07, 6.45) is 0.714. The van der Waals surface area contributed by atoms with Crippen molar-refractivity contribution in [3.8, 4) is 5.75 Å². The molecule has 0 saturated carbocycles. The van der Waals surface area contributed by atoms with Gasteiger partial charge in [0.05, 0.1) is 11.7 Å². The highest BCUT2D eigenvalue weighted by Gasteiger charge is 2.69. The van der Waals surface area contributed by atoms with Crippen LogP contribution in [0.4, 0.5) is 0 Å². The first-order valence-electron chi connectivity index (χ1n) is 9.43. The molecule has 0 N–H and O–H groups in total. The zero-order valence-electron chi connectivity index (χ0n) is 17.4. The molecule has 0 radical (unpaired) electrons. The lowest BCUT2D eigenvalue weighted by Crippen LogP contribution is -2.64. The largest absolute Gasteiger partial charge is 0.547 e. The van der Waals surface area contributed by atoms with Crippen molar-refractivity contribution >= 4 is 30.2 Å². The molecule has 9 heteroatoms. The molecule has 1 aliphatic heterocycles. The van der Waals surface area contributed by atoms with Crippen molar-refractivity contribution in [1.82, 2.24) is 0 Å². The van der Waals surface area contributed by atoms with E-state index in [1.165, 1.54) is 7.11 Å². The molecular formula is C20H26BrNO6Si. The van der Waals surface area contributed by atoms with Gasteiger partial charge in [0, 0.05) is 28.5 Å². The molecule has 1 heterocycles. The number of nitrogens with zero attached hydrogens (tertiary/aromatic N) is 1. The van der Waals surface area contributed by atoms with Crippen LogP contribution in [0.15, 0.2) is 34.5 Å². The molecule has 2 aliphatic rings. The predicted molar refractivity (Wildman–Crippen MR) is 114 cm³/mol. The van der Waals surface area contributed by atoms with Gasteiger partial charge in [0.2, 0.25) is 8.32 Å². The van der Waals surface area contributed by atoms with Crippen LogP contribution in [0.3, 0.4) is 0 Å². The number of fused-ring (bicyclic) bond motifs is 3. The number of nitro groups is 1. The van der Waals surface area contributed by atoms with Crippen molar-refractivity contribution in [2.45, 2.75) is 62.9 Å². The van der Waals surface area contributed by atoms with Crippen LogP contribution in [0.5, 0.6) is 5.75 Å². The van der Waals surface area contributed by atoms with Gasteiger partial charge in [0.1, 0.15) is 5.75 Å². The van der Waals surface area contributed by atoms with E-state index in [-0.39, 0.29) is 11.5 Å². The molecule has 0 fully saturated rings. The molecule has 0 saturated heterocycles. The van der Waals surface area contributed by atoms with E-state index in [2.05, 4.69) is 49.8 Å². The van der Waals surface area contributed by atoms with E-state index in [9.17, 15) is 14.9 Å². The SMILES string of the molecule is COC1C=C(O[Si](C)(C)C(C)(C)C)C[C@H]2c3cc(Br)ccc3OC(=O)[C@@]12[N+](=O)[O-]. The van der Waals surface area contributed by atoms with Crippen LogP contribution in [-0.4, -0.2) is 38.0 Å². The van der Waals surface area contributed by atoms with Crippen molar-refractivity contribution in [2.24, 2.45) is 0 Å². The Labute approximate surface area is 179 Å². The first-order valence-corrected chi connectivity index (χ1v) is 13.1. The molecule has 158 valence electrons. The third-order valence-corrected chi connectivity index (χ3v) is 11.2. The Morgan fingerprint density at radius 2 is 2.00 bits per heavy atom. The molecule has 0 spiro atoms. The second-order valence-corrected chi connectivity index (χ2v) is 14.7. The molecule has 0 aromatic heterocycles. The number of benzene rings is 1. The minimum absolute atomic E-state index is 0.0412. The lowest BCUT2D eigenvalue weighted by atomic mass is 9.69. The molecule has 0 bridgehead atoms. The van der Waals surface area contributed by atoms with Crippen LogP contribution >= 0.6 is 15.9 Å². The molecular weight excluding hydrogens is 458 g/mol. The quantitative estimate of drug-likeness (QED) is 0.201. The molecule has 29 heavy (non-hydrogen) atoms. The lowest BCUT2D eigenvalue weighted by molar-refractivity contribution is -0.571. The molecule has 3 atom stereocenters. The Hall–Kier alpha value is -1.71. The maximum Gasteiger partial charge on any atom is 0.394 e. The number of halogens is 1. The van der Waals surface area contributed by atoms with Crippen LogP contribution in [0.25, 0.3) is 0 Å². The average Bonchev–Trinajstić information content (AvgIpc) is 2.60. The highest BCUT2D eigenvalue weighted by atomic mass is 79.9. The number of carbonyl (C=O) groups is 1. The fourth-order valence-corrected chi connectivity index (χ4v) is 5.19. The number of hydrogen-bond acceptors (Lipinski definition) is 6. The Bertz CT molecular complexity index is 893. The minimum Gasteiger partial charge on any atom is -0.547 e. The van der Waals surface area contributed by atoms with E-state index in [4.69, 9.17) is 13.9 Å². The van der Waals surface area contributed by atoms with Gasteiger partial charge in [-0.2, -0.15) is 0 Å². The number of ether oxygens (including phenoxy) is 2. The molecule has 3 rings (SSSR count). The molecule has 1 aliphatic carbocycles. The maximum atomic E-state index is 12.9. The monoisotopic (exact) mass is 483 g/mol. The molecule has 1 unspecified atom stereocenters. The summed E-state index contributed by atoms with van der Waals surface area (Å²) < 4.78 is 18.1. The van der Waals surface area contributed by atoms with Gasteiger partial charge in [0.15, 0.2) is 6.10 Å². The van der Waals surface area contributed by atoms with Gasteiger partial charge in [-0.05, 0) is 42.4 Å². The molecule has 1 aromatic rings. The first kappa shape index (κ1) is 22.0. The van der Waals surface area contributed by atoms with E-state index >= 15 is 0 Å². The number of esters is 1. The third-order valence-electron chi connectivity index (χ3n) is 6.33. The van der Waals surface area contributed by atoms with Gasteiger partial charge in [-0.25, -0.2) is 4.79 Å². The summed E-state index contributed by atoms with van der Waals surface area (Å²) in [4.78, 5) is 24.7. The van der Waals surface area contributed by atoms with Crippen molar-refractivity contribution in [1.29, 1.82) is 0 Å². The van der Waals surface area contributed by atoms with Gasteiger partial charge in [-0.15, -0.1) is 0 Å². The first-order chi connectivity index (χ1) is 13.3. The van der Waals surface area contributed by atoms with E-state index in [1.807, 2.05) is 0 Å². The van der Waals surface area contributed by atoms with Gasteiger partial charge in [-0.1, -0.05) is 36.7 Å². The van der Waals surface area contributed by atoms with Gasteiger partial charge in [-0.3, -0.25) is 10.1 Å².